The lowest BCUT2D eigenvalue weighted by molar-refractivity contribution is -0.142. The first kappa shape index (κ1) is 39.0. The van der Waals surface area contributed by atoms with E-state index in [1.807, 2.05) is 33.8 Å². The van der Waals surface area contributed by atoms with Crippen molar-refractivity contribution in [1.82, 2.24) is 21.3 Å². The fourth-order valence-corrected chi connectivity index (χ4v) is 4.66. The van der Waals surface area contributed by atoms with Crippen molar-refractivity contribution in [3.05, 3.63) is 48.0 Å². The van der Waals surface area contributed by atoms with Crippen LogP contribution in [0.4, 0.5) is 0 Å². The van der Waals surface area contributed by atoms with E-state index in [1.54, 1.807) is 37.3 Å². The Balaban J connectivity index is 2.91. The number of benzene rings is 1. The summed E-state index contributed by atoms with van der Waals surface area (Å²) in [4.78, 5) is 76.5. The summed E-state index contributed by atoms with van der Waals surface area (Å²) < 4.78 is 0. The SMILES string of the molecule is CCC[C@H](NC(=O)[C@H](CC(C)C)NC(=O)[C@@H](C/C=C/CC(C)C)C(C)C)C(=O)C(=O)NCC(=O)N[C@H](C(=O)O)c1ccccc1. The molecule has 11 heteroatoms. The molecule has 0 unspecified atom stereocenters. The second-order valence-corrected chi connectivity index (χ2v) is 12.5. The van der Waals surface area contributed by atoms with Crippen molar-refractivity contribution in [2.75, 3.05) is 6.54 Å². The van der Waals surface area contributed by atoms with Crippen LogP contribution in [0, 0.1) is 23.7 Å². The standard InChI is InChI=1S/C34H52N4O7/c1-8-14-26(30(40)33(43)35-20-28(39)38-29(34(44)45)24-16-10-9-11-17-24)36-32(42)27(19-22(4)5)37-31(41)25(23(6)7)18-13-12-15-21(2)3/h9-13,16-17,21-23,25-27,29H,8,14-15,18-20H2,1-7H3,(H,35,43)(H,36,42)(H,37,41)(H,38,39)(H,44,45)/b13-12+/t25-,26-,27-,29-/m0/s1. The van der Waals surface area contributed by atoms with Crippen LogP contribution in [-0.2, 0) is 28.8 Å². The Morgan fingerprint density at radius 2 is 1.38 bits per heavy atom. The number of aliphatic carboxylic acids is 1. The van der Waals surface area contributed by atoms with E-state index in [0.717, 1.165) is 6.42 Å². The van der Waals surface area contributed by atoms with Gasteiger partial charge >= 0.3 is 5.97 Å². The van der Waals surface area contributed by atoms with Crippen molar-refractivity contribution < 1.29 is 33.9 Å². The predicted molar refractivity (Wildman–Crippen MR) is 173 cm³/mol. The third-order valence-electron chi connectivity index (χ3n) is 7.17. The van der Waals surface area contributed by atoms with Crippen molar-refractivity contribution in [2.45, 2.75) is 98.7 Å². The molecule has 1 aromatic rings. The Labute approximate surface area is 267 Å². The van der Waals surface area contributed by atoms with Gasteiger partial charge in [-0.15, -0.1) is 0 Å². The van der Waals surface area contributed by atoms with Gasteiger partial charge in [-0.25, -0.2) is 4.79 Å². The molecule has 0 aliphatic heterocycles. The van der Waals surface area contributed by atoms with E-state index in [0.29, 0.717) is 30.7 Å². The molecule has 0 saturated heterocycles. The molecule has 250 valence electrons. The minimum absolute atomic E-state index is 0.0326. The quantitative estimate of drug-likeness (QED) is 0.108. The molecule has 1 rings (SSSR count). The molecule has 0 saturated carbocycles. The van der Waals surface area contributed by atoms with Crippen molar-refractivity contribution in [3.63, 3.8) is 0 Å². The molecule has 0 aromatic heterocycles. The highest BCUT2D eigenvalue weighted by atomic mass is 16.4. The zero-order valence-corrected chi connectivity index (χ0v) is 27.7. The highest BCUT2D eigenvalue weighted by Gasteiger charge is 2.32. The fraction of sp³-hybridized carbons (Fsp3) is 0.588. The van der Waals surface area contributed by atoms with Gasteiger partial charge in [-0.1, -0.05) is 97.4 Å². The first-order valence-electron chi connectivity index (χ1n) is 15.8. The Morgan fingerprint density at radius 1 is 0.778 bits per heavy atom. The lowest BCUT2D eigenvalue weighted by Crippen LogP contribution is -2.55. The number of amides is 4. The van der Waals surface area contributed by atoms with Gasteiger partial charge in [0.1, 0.15) is 6.04 Å². The number of carbonyl (C=O) groups excluding carboxylic acids is 5. The molecule has 0 aliphatic carbocycles. The molecular formula is C34H52N4O7. The van der Waals surface area contributed by atoms with Crippen LogP contribution in [0.1, 0.15) is 92.2 Å². The average molecular weight is 629 g/mol. The monoisotopic (exact) mass is 628 g/mol. The van der Waals surface area contributed by atoms with Crippen molar-refractivity contribution in [3.8, 4) is 0 Å². The Bertz CT molecular complexity index is 1160. The number of ketones is 1. The van der Waals surface area contributed by atoms with Crippen LogP contribution >= 0.6 is 0 Å². The molecule has 4 amide bonds. The molecule has 0 heterocycles. The van der Waals surface area contributed by atoms with Crippen LogP contribution in [-0.4, -0.2) is 59.1 Å². The average Bonchev–Trinajstić information content (AvgIpc) is 2.97. The molecule has 0 aliphatic rings. The number of carboxylic acid groups (broad SMARTS) is 1. The number of nitrogens with one attached hydrogen (secondary N) is 4. The van der Waals surface area contributed by atoms with Crippen LogP contribution in [0.25, 0.3) is 0 Å². The first-order chi connectivity index (χ1) is 21.2. The molecule has 0 radical (unpaired) electrons. The molecule has 0 spiro atoms. The Kier molecular flexibility index (Phi) is 17.4. The van der Waals surface area contributed by atoms with Crippen LogP contribution in [0.15, 0.2) is 42.5 Å². The van der Waals surface area contributed by atoms with Crippen LogP contribution in [0.2, 0.25) is 0 Å². The van der Waals surface area contributed by atoms with Gasteiger partial charge in [-0.05, 0) is 49.0 Å². The second kappa shape index (κ2) is 20.1. The number of rotatable bonds is 20. The van der Waals surface area contributed by atoms with Gasteiger partial charge in [0.15, 0.2) is 6.04 Å². The van der Waals surface area contributed by atoms with E-state index in [1.165, 1.54) is 0 Å². The van der Waals surface area contributed by atoms with Gasteiger partial charge < -0.3 is 26.4 Å². The van der Waals surface area contributed by atoms with E-state index in [2.05, 4.69) is 41.2 Å². The van der Waals surface area contributed by atoms with Gasteiger partial charge in [0, 0.05) is 5.92 Å². The van der Waals surface area contributed by atoms with E-state index in [9.17, 15) is 33.9 Å². The topological polar surface area (TPSA) is 171 Å². The number of hydrogen-bond acceptors (Lipinski definition) is 6. The number of carboxylic acids is 1. The fourth-order valence-electron chi connectivity index (χ4n) is 4.66. The predicted octanol–water partition coefficient (Wildman–Crippen LogP) is 3.69. The van der Waals surface area contributed by atoms with E-state index < -0.39 is 54.1 Å². The summed E-state index contributed by atoms with van der Waals surface area (Å²) in [5, 5.41) is 19.6. The largest absolute Gasteiger partial charge is 0.479 e. The smallest absolute Gasteiger partial charge is 0.330 e. The summed E-state index contributed by atoms with van der Waals surface area (Å²) in [6, 6.07) is 4.63. The second-order valence-electron chi connectivity index (χ2n) is 12.5. The normalized spacial score (nSPS) is 14.1. The molecule has 11 nitrogen and oxygen atoms in total. The third-order valence-corrected chi connectivity index (χ3v) is 7.17. The van der Waals surface area contributed by atoms with Gasteiger partial charge in [0.2, 0.25) is 23.5 Å². The van der Waals surface area contributed by atoms with Gasteiger partial charge in [-0.2, -0.15) is 0 Å². The lowest BCUT2D eigenvalue weighted by atomic mass is 9.90. The maximum atomic E-state index is 13.4. The van der Waals surface area contributed by atoms with Crippen molar-refractivity contribution >= 4 is 35.4 Å². The summed E-state index contributed by atoms with van der Waals surface area (Å²) >= 11 is 0. The zero-order valence-electron chi connectivity index (χ0n) is 27.7. The molecule has 0 fully saturated rings. The molecule has 4 atom stereocenters. The summed E-state index contributed by atoms with van der Waals surface area (Å²) in [5.41, 5.74) is 0.344. The minimum Gasteiger partial charge on any atom is -0.479 e. The van der Waals surface area contributed by atoms with E-state index in [-0.39, 0.29) is 30.1 Å². The molecular weight excluding hydrogens is 576 g/mol. The Morgan fingerprint density at radius 3 is 1.91 bits per heavy atom. The minimum atomic E-state index is -1.34. The first-order valence-corrected chi connectivity index (χ1v) is 15.8. The van der Waals surface area contributed by atoms with Crippen LogP contribution < -0.4 is 21.3 Å². The van der Waals surface area contributed by atoms with Gasteiger partial charge in [0.05, 0.1) is 12.6 Å². The maximum Gasteiger partial charge on any atom is 0.330 e. The van der Waals surface area contributed by atoms with E-state index in [4.69, 9.17) is 0 Å². The number of hydrogen-bond donors (Lipinski definition) is 5. The summed E-state index contributed by atoms with van der Waals surface area (Å²) in [7, 11) is 0. The number of carbonyl (C=O) groups is 6. The molecule has 45 heavy (non-hydrogen) atoms. The molecule has 1 aromatic carbocycles. The van der Waals surface area contributed by atoms with Crippen LogP contribution in [0.3, 0.4) is 0 Å². The van der Waals surface area contributed by atoms with Gasteiger partial charge in [-0.3, -0.25) is 24.0 Å². The number of allylic oxidation sites excluding steroid dienone is 2. The Hall–Kier alpha value is -4.02. The van der Waals surface area contributed by atoms with Crippen molar-refractivity contribution in [2.24, 2.45) is 23.7 Å². The van der Waals surface area contributed by atoms with Crippen molar-refractivity contribution in [1.29, 1.82) is 0 Å². The molecule has 0 bridgehead atoms. The molecule has 5 N–H and O–H groups in total. The summed E-state index contributed by atoms with van der Waals surface area (Å²) in [6.07, 6.45) is 6.48. The number of Topliss-reactive ketones (excluding diaryl/α,β-unsaturated/α-hetero) is 1. The third kappa shape index (κ3) is 14.5. The zero-order chi connectivity index (χ0) is 34.1. The lowest BCUT2D eigenvalue weighted by Gasteiger charge is -2.26. The highest BCUT2D eigenvalue weighted by molar-refractivity contribution is 6.38. The van der Waals surface area contributed by atoms with E-state index >= 15 is 0 Å². The summed E-state index contributed by atoms with van der Waals surface area (Å²) in [6.45, 7) is 13.1. The van der Waals surface area contributed by atoms with Gasteiger partial charge in [0.25, 0.3) is 5.91 Å². The highest BCUT2D eigenvalue weighted by Crippen LogP contribution is 2.18. The maximum absolute atomic E-state index is 13.4. The summed E-state index contributed by atoms with van der Waals surface area (Å²) in [5.74, 6) is -4.69. The van der Waals surface area contributed by atoms with Crippen LogP contribution in [0.5, 0.6) is 0 Å².